The van der Waals surface area contributed by atoms with Crippen molar-refractivity contribution in [1.29, 1.82) is 0 Å². The summed E-state index contributed by atoms with van der Waals surface area (Å²) in [7, 11) is 1.62. The van der Waals surface area contributed by atoms with E-state index in [2.05, 4.69) is 11.3 Å². The van der Waals surface area contributed by atoms with Crippen molar-refractivity contribution in [3.05, 3.63) is 12.7 Å². The number of methoxy groups -OCH3 is 1. The lowest BCUT2D eigenvalue weighted by atomic mass is 10.7. The average Bonchev–Trinajstić information content (AvgIpc) is 1.91. The van der Waals surface area contributed by atoms with Gasteiger partial charge < -0.3 is 9.53 Å². The second kappa shape index (κ2) is 9.63. The third kappa shape index (κ3) is 9.04. The third-order valence-electron chi connectivity index (χ3n) is 0.368. The highest BCUT2D eigenvalue weighted by molar-refractivity contribution is 5.95. The van der Waals surface area contributed by atoms with E-state index in [4.69, 9.17) is 4.80 Å². The number of hydrogen-bond donors (Lipinski definition) is 1. The zero-order chi connectivity index (χ0) is 6.99. The lowest BCUT2D eigenvalue weighted by molar-refractivity contribution is -0.134. The van der Waals surface area contributed by atoms with Crippen LogP contribution in [0.1, 0.15) is 0 Å². The molecule has 0 rings (SSSR count). The summed E-state index contributed by atoms with van der Waals surface area (Å²) in [6, 6.07) is 0. The standard InChI is InChI=1S/C4H6O2.H4OSi/c1-3-4(5)6-2;1-2/h3H,1H2,2H3;1H,2H3. The van der Waals surface area contributed by atoms with Crippen molar-refractivity contribution in [2.45, 2.75) is 0 Å². The van der Waals surface area contributed by atoms with Crippen LogP contribution in [0.25, 0.3) is 0 Å². The van der Waals surface area contributed by atoms with Crippen LogP contribution in [0.4, 0.5) is 0 Å². The summed E-state index contributed by atoms with van der Waals surface area (Å²) < 4.78 is 4.14. The molecule has 0 amide bonds. The number of esters is 1. The summed E-state index contributed by atoms with van der Waals surface area (Å²) >= 11 is 0. The van der Waals surface area contributed by atoms with Gasteiger partial charge in [-0.1, -0.05) is 6.58 Å². The first-order valence-corrected chi connectivity index (χ1v) is 2.86. The van der Waals surface area contributed by atoms with Crippen molar-refractivity contribution in [3.63, 3.8) is 0 Å². The van der Waals surface area contributed by atoms with Gasteiger partial charge in [-0.15, -0.1) is 0 Å². The first kappa shape index (κ1) is 10.4. The minimum Gasteiger partial charge on any atom is -0.466 e. The molecule has 0 aromatic rings. The topological polar surface area (TPSA) is 46.5 Å². The maximum Gasteiger partial charge on any atom is 0.329 e. The van der Waals surface area contributed by atoms with E-state index >= 15 is 0 Å². The molecule has 0 radical (unpaired) electrons. The molecule has 1 N–H and O–H groups in total. The fourth-order valence-corrected chi connectivity index (χ4v) is 0.0833. The van der Waals surface area contributed by atoms with E-state index in [9.17, 15) is 4.79 Å². The van der Waals surface area contributed by atoms with Gasteiger partial charge in [-0.05, 0) is 0 Å². The minimum atomic E-state index is -0.394. The maximum absolute atomic E-state index is 9.84. The Morgan fingerprint density at radius 1 is 1.88 bits per heavy atom. The molecular formula is C4H10O3Si. The molecule has 0 aliphatic rings. The lowest BCUT2D eigenvalue weighted by Crippen LogP contribution is -1.91. The van der Waals surface area contributed by atoms with Crippen LogP contribution in [0.5, 0.6) is 0 Å². The van der Waals surface area contributed by atoms with Crippen molar-refractivity contribution in [2.24, 2.45) is 0 Å². The fourth-order valence-electron chi connectivity index (χ4n) is 0.0833. The summed E-state index contributed by atoms with van der Waals surface area (Å²) in [5.74, 6) is -0.394. The molecule has 8 heavy (non-hydrogen) atoms. The van der Waals surface area contributed by atoms with Crippen molar-refractivity contribution in [3.8, 4) is 0 Å². The zero-order valence-corrected chi connectivity index (χ0v) is 7.05. The second-order valence-electron chi connectivity index (χ2n) is 0.727. The van der Waals surface area contributed by atoms with Gasteiger partial charge in [0.1, 0.15) is 10.5 Å². The maximum atomic E-state index is 9.84. The van der Waals surface area contributed by atoms with Gasteiger partial charge in [-0.3, -0.25) is 0 Å². The van der Waals surface area contributed by atoms with E-state index in [0.29, 0.717) is 10.5 Å². The summed E-state index contributed by atoms with van der Waals surface area (Å²) in [5, 5.41) is 0. The Morgan fingerprint density at radius 2 is 2.25 bits per heavy atom. The van der Waals surface area contributed by atoms with Crippen molar-refractivity contribution >= 4 is 16.5 Å². The summed E-state index contributed by atoms with van der Waals surface area (Å²) in [5.41, 5.74) is 0. The van der Waals surface area contributed by atoms with Gasteiger partial charge in [0.25, 0.3) is 0 Å². The van der Waals surface area contributed by atoms with Gasteiger partial charge in [0.15, 0.2) is 0 Å². The van der Waals surface area contributed by atoms with Gasteiger partial charge in [-0.2, -0.15) is 0 Å². The predicted molar refractivity (Wildman–Crippen MR) is 34.4 cm³/mol. The number of carbonyl (C=O) groups excluding carboxylic acids is 1. The SMILES string of the molecule is C=CC(=O)OC.O[SiH3]. The molecule has 0 unspecified atom stereocenters. The lowest BCUT2D eigenvalue weighted by Gasteiger charge is -1.83. The molecule has 3 nitrogen and oxygen atoms in total. The molecule has 0 aromatic carbocycles. The highest BCUT2D eigenvalue weighted by Gasteiger charge is 1.81. The Balaban J connectivity index is 0. The first-order valence-electron chi connectivity index (χ1n) is 1.96. The van der Waals surface area contributed by atoms with Crippen LogP contribution in [-0.2, 0) is 9.53 Å². The van der Waals surface area contributed by atoms with Gasteiger partial charge in [0.05, 0.1) is 7.11 Å². The number of carbonyl (C=O) groups is 1. The summed E-state index contributed by atoms with van der Waals surface area (Å²) in [4.78, 5) is 17.0. The summed E-state index contributed by atoms with van der Waals surface area (Å²) in [6.45, 7) is 3.16. The third-order valence-corrected chi connectivity index (χ3v) is 0.368. The van der Waals surface area contributed by atoms with Crippen molar-refractivity contribution < 1.29 is 14.3 Å². The molecule has 0 saturated heterocycles. The molecule has 0 aliphatic carbocycles. The molecule has 0 spiro atoms. The molecule has 0 saturated carbocycles. The van der Waals surface area contributed by atoms with E-state index in [1.54, 1.807) is 0 Å². The minimum absolute atomic E-state index is 0.306. The molecule has 0 aliphatic heterocycles. The van der Waals surface area contributed by atoms with Crippen LogP contribution in [0.15, 0.2) is 12.7 Å². The van der Waals surface area contributed by atoms with E-state index in [1.165, 1.54) is 7.11 Å². The van der Waals surface area contributed by atoms with Gasteiger partial charge in [-0.25, -0.2) is 4.79 Å². The molecule has 0 atom stereocenters. The van der Waals surface area contributed by atoms with E-state index < -0.39 is 5.97 Å². The van der Waals surface area contributed by atoms with Crippen LogP contribution >= 0.6 is 0 Å². The Hall–Kier alpha value is -0.613. The summed E-state index contributed by atoms with van der Waals surface area (Å²) in [6.07, 6.45) is 1.11. The van der Waals surface area contributed by atoms with E-state index in [0.717, 1.165) is 6.08 Å². The smallest absolute Gasteiger partial charge is 0.329 e. The highest BCUT2D eigenvalue weighted by Crippen LogP contribution is 1.67. The molecule has 4 heteroatoms. The first-order chi connectivity index (χ1) is 3.81. The Bertz CT molecular complexity index is 71.7. The quantitative estimate of drug-likeness (QED) is 0.273. The van der Waals surface area contributed by atoms with E-state index in [1.807, 2.05) is 0 Å². The van der Waals surface area contributed by atoms with Crippen LogP contribution in [0, 0.1) is 0 Å². The highest BCUT2D eigenvalue weighted by atomic mass is 28.2. The van der Waals surface area contributed by atoms with Crippen molar-refractivity contribution in [2.75, 3.05) is 7.11 Å². The average molecular weight is 134 g/mol. The van der Waals surface area contributed by atoms with Crippen LogP contribution in [0.3, 0.4) is 0 Å². The molecule has 0 bridgehead atoms. The van der Waals surface area contributed by atoms with Gasteiger partial charge in [0.2, 0.25) is 0 Å². The van der Waals surface area contributed by atoms with Crippen LogP contribution in [-0.4, -0.2) is 28.4 Å². The predicted octanol–water partition coefficient (Wildman–Crippen LogP) is -1.40. The number of ether oxygens (including phenoxy) is 1. The van der Waals surface area contributed by atoms with Crippen molar-refractivity contribution in [1.82, 2.24) is 0 Å². The van der Waals surface area contributed by atoms with Gasteiger partial charge in [0, 0.05) is 6.08 Å². The normalized spacial score (nSPS) is 6.25. The fraction of sp³-hybridized carbons (Fsp3) is 0.250. The van der Waals surface area contributed by atoms with Crippen LogP contribution < -0.4 is 0 Å². The van der Waals surface area contributed by atoms with Gasteiger partial charge >= 0.3 is 5.97 Å². The Kier molecular flexibility index (Phi) is 12.5. The number of rotatable bonds is 1. The molecule has 0 fully saturated rings. The monoisotopic (exact) mass is 134 g/mol. The molecule has 0 heterocycles. The van der Waals surface area contributed by atoms with E-state index in [-0.39, 0.29) is 0 Å². The molecule has 0 aromatic heterocycles. The Labute approximate surface area is 51.5 Å². The second-order valence-corrected chi connectivity index (χ2v) is 0.727. The Morgan fingerprint density at radius 3 is 2.25 bits per heavy atom. The molecular weight excluding hydrogens is 124 g/mol. The zero-order valence-electron chi connectivity index (χ0n) is 5.05. The van der Waals surface area contributed by atoms with Crippen LogP contribution in [0.2, 0.25) is 0 Å². The number of hydrogen-bond acceptors (Lipinski definition) is 3. The molecule has 48 valence electrons. The largest absolute Gasteiger partial charge is 0.466 e.